The number of carbonyl (C=O) groups is 2. The summed E-state index contributed by atoms with van der Waals surface area (Å²) in [6.45, 7) is 3.34. The van der Waals surface area contributed by atoms with Gasteiger partial charge in [0.1, 0.15) is 0 Å². The second-order valence-electron chi connectivity index (χ2n) is 4.94. The Morgan fingerprint density at radius 3 is 2.25 bits per heavy atom. The van der Waals surface area contributed by atoms with Gasteiger partial charge in [0.05, 0.1) is 12.1 Å². The van der Waals surface area contributed by atoms with Crippen molar-refractivity contribution in [1.29, 1.82) is 0 Å². The fraction of sp³-hybridized carbons (Fsp3) is 0.833. The lowest BCUT2D eigenvalue weighted by molar-refractivity contribution is -0.140. The number of likely N-dealkylation sites (tertiary alicyclic amines) is 2. The van der Waals surface area contributed by atoms with E-state index in [1.165, 1.54) is 0 Å². The van der Waals surface area contributed by atoms with E-state index >= 15 is 0 Å². The predicted molar refractivity (Wildman–Crippen MR) is 61.1 cm³/mol. The number of amides is 1. The highest BCUT2D eigenvalue weighted by Crippen LogP contribution is 2.23. The van der Waals surface area contributed by atoms with Crippen molar-refractivity contribution in [2.45, 2.75) is 44.7 Å². The molecule has 4 heteroatoms. The first-order valence-electron chi connectivity index (χ1n) is 6.12. The van der Waals surface area contributed by atoms with Crippen LogP contribution in [0.3, 0.4) is 0 Å². The van der Waals surface area contributed by atoms with Gasteiger partial charge in [-0.25, -0.2) is 0 Å². The fourth-order valence-corrected chi connectivity index (χ4v) is 2.87. The minimum absolute atomic E-state index is 0.0138. The van der Waals surface area contributed by atoms with Gasteiger partial charge in [0.25, 0.3) is 0 Å². The van der Waals surface area contributed by atoms with E-state index in [0.717, 1.165) is 38.8 Å². The molecule has 4 nitrogen and oxygen atoms in total. The molecule has 2 fully saturated rings. The van der Waals surface area contributed by atoms with E-state index in [4.69, 9.17) is 0 Å². The van der Waals surface area contributed by atoms with Crippen LogP contribution in [0.5, 0.6) is 0 Å². The number of nitrogens with zero attached hydrogens (tertiary/aromatic N) is 2. The summed E-state index contributed by atoms with van der Waals surface area (Å²) in [5.41, 5.74) is 0. The maximum Gasteiger partial charge on any atom is 0.240 e. The molecule has 0 saturated carbocycles. The highest BCUT2D eigenvalue weighted by molar-refractivity contribution is 5.90. The Kier molecular flexibility index (Phi) is 3.28. The summed E-state index contributed by atoms with van der Waals surface area (Å²) in [7, 11) is 1.99. The van der Waals surface area contributed by atoms with Gasteiger partial charge in [-0.15, -0.1) is 0 Å². The van der Waals surface area contributed by atoms with E-state index in [1.54, 1.807) is 11.8 Å². The largest absolute Gasteiger partial charge is 0.331 e. The molecule has 0 bridgehead atoms. The Bertz CT molecular complexity index is 303. The number of hydrogen-bond donors (Lipinski definition) is 0. The van der Waals surface area contributed by atoms with Crippen LogP contribution in [0.4, 0.5) is 0 Å². The van der Waals surface area contributed by atoms with Gasteiger partial charge < -0.3 is 4.90 Å². The quantitative estimate of drug-likeness (QED) is 0.692. The van der Waals surface area contributed by atoms with E-state index < -0.39 is 0 Å². The summed E-state index contributed by atoms with van der Waals surface area (Å²) in [5.74, 6) is 0.296. The van der Waals surface area contributed by atoms with Crippen molar-refractivity contribution >= 4 is 11.7 Å². The van der Waals surface area contributed by atoms with E-state index in [1.807, 2.05) is 7.05 Å². The average molecular weight is 224 g/mol. The third-order valence-electron chi connectivity index (χ3n) is 3.81. The summed E-state index contributed by atoms with van der Waals surface area (Å²) in [4.78, 5) is 27.7. The second kappa shape index (κ2) is 4.53. The van der Waals surface area contributed by atoms with Crippen molar-refractivity contribution in [1.82, 2.24) is 9.80 Å². The van der Waals surface area contributed by atoms with Gasteiger partial charge in [-0.1, -0.05) is 0 Å². The minimum Gasteiger partial charge on any atom is -0.331 e. The zero-order valence-electron chi connectivity index (χ0n) is 10.1. The normalized spacial score (nSPS) is 31.0. The first kappa shape index (κ1) is 11.6. The molecular formula is C12H20N2O2. The van der Waals surface area contributed by atoms with Crippen molar-refractivity contribution in [2.75, 3.05) is 20.1 Å². The lowest BCUT2D eigenvalue weighted by Crippen LogP contribution is -2.48. The highest BCUT2D eigenvalue weighted by Gasteiger charge is 2.38. The van der Waals surface area contributed by atoms with Crippen molar-refractivity contribution < 1.29 is 9.59 Å². The number of carbonyl (C=O) groups excluding carboxylic acids is 2. The number of likely N-dealkylation sites (N-methyl/N-ethyl adjacent to an activating group) is 1. The molecule has 0 unspecified atom stereocenters. The molecular weight excluding hydrogens is 204 g/mol. The van der Waals surface area contributed by atoms with Gasteiger partial charge in [0.2, 0.25) is 5.91 Å². The SMILES string of the molecule is CC(=O)[C@@H]1CCCN1C(=O)[C@@H]1CCCN1C. The summed E-state index contributed by atoms with van der Waals surface area (Å²) < 4.78 is 0. The fourth-order valence-electron chi connectivity index (χ4n) is 2.87. The van der Waals surface area contributed by atoms with Crippen LogP contribution in [0.1, 0.15) is 32.6 Å². The number of hydrogen-bond acceptors (Lipinski definition) is 3. The molecule has 0 spiro atoms. The molecule has 2 aliphatic heterocycles. The molecule has 2 saturated heterocycles. The molecule has 0 N–H and O–H groups in total. The van der Waals surface area contributed by atoms with Gasteiger partial charge in [0, 0.05) is 6.54 Å². The first-order valence-corrected chi connectivity index (χ1v) is 6.12. The minimum atomic E-state index is -0.151. The summed E-state index contributed by atoms with van der Waals surface area (Å²) in [6.07, 6.45) is 3.84. The van der Waals surface area contributed by atoms with E-state index in [0.29, 0.717) is 0 Å². The van der Waals surface area contributed by atoms with Crippen LogP contribution in [0, 0.1) is 0 Å². The summed E-state index contributed by atoms with van der Waals surface area (Å²) in [5, 5.41) is 0. The van der Waals surface area contributed by atoms with Crippen molar-refractivity contribution in [2.24, 2.45) is 0 Å². The highest BCUT2D eigenvalue weighted by atomic mass is 16.2. The Labute approximate surface area is 96.6 Å². The zero-order chi connectivity index (χ0) is 11.7. The molecule has 1 amide bonds. The van der Waals surface area contributed by atoms with Crippen LogP contribution in [0.25, 0.3) is 0 Å². The lowest BCUT2D eigenvalue weighted by atomic mass is 10.1. The van der Waals surface area contributed by atoms with Crippen LogP contribution in [-0.4, -0.2) is 53.7 Å². The van der Waals surface area contributed by atoms with E-state index in [2.05, 4.69) is 4.90 Å². The Morgan fingerprint density at radius 1 is 1.06 bits per heavy atom. The molecule has 0 aromatic carbocycles. The molecule has 2 atom stereocenters. The molecule has 0 aromatic rings. The maximum atomic E-state index is 12.3. The van der Waals surface area contributed by atoms with Gasteiger partial charge in [-0.05, 0) is 46.2 Å². The van der Waals surface area contributed by atoms with Crippen molar-refractivity contribution in [3.05, 3.63) is 0 Å². The standard InChI is InChI=1S/C12H20N2O2/c1-9(15)10-5-4-8-14(10)12(16)11-6-3-7-13(11)2/h10-11H,3-8H2,1-2H3/t10-,11-/m0/s1. The van der Waals surface area contributed by atoms with Gasteiger partial charge in [-0.3, -0.25) is 14.5 Å². The van der Waals surface area contributed by atoms with E-state index in [9.17, 15) is 9.59 Å². The van der Waals surface area contributed by atoms with Gasteiger partial charge in [-0.2, -0.15) is 0 Å². The molecule has 2 aliphatic rings. The van der Waals surface area contributed by atoms with Crippen molar-refractivity contribution in [3.63, 3.8) is 0 Å². The maximum absolute atomic E-state index is 12.3. The molecule has 2 rings (SSSR count). The Hall–Kier alpha value is -0.900. The molecule has 0 radical (unpaired) electrons. The topological polar surface area (TPSA) is 40.6 Å². The smallest absolute Gasteiger partial charge is 0.240 e. The molecule has 90 valence electrons. The monoisotopic (exact) mass is 224 g/mol. The van der Waals surface area contributed by atoms with Crippen LogP contribution >= 0.6 is 0 Å². The van der Waals surface area contributed by atoms with Crippen LogP contribution in [-0.2, 0) is 9.59 Å². The molecule has 0 aliphatic carbocycles. The number of Topliss-reactive ketones (excluding diaryl/α,β-unsaturated/α-hetero) is 1. The third kappa shape index (κ3) is 1.98. The zero-order valence-corrected chi connectivity index (χ0v) is 10.1. The van der Waals surface area contributed by atoms with Crippen molar-refractivity contribution in [3.8, 4) is 0 Å². The number of rotatable bonds is 2. The predicted octanol–water partition coefficient (Wildman–Crippen LogP) is 0.661. The van der Waals surface area contributed by atoms with Crippen LogP contribution < -0.4 is 0 Å². The molecule has 0 aromatic heterocycles. The second-order valence-corrected chi connectivity index (χ2v) is 4.94. The van der Waals surface area contributed by atoms with Crippen LogP contribution in [0.2, 0.25) is 0 Å². The summed E-state index contributed by atoms with van der Waals surface area (Å²) >= 11 is 0. The van der Waals surface area contributed by atoms with Crippen LogP contribution in [0.15, 0.2) is 0 Å². The average Bonchev–Trinajstić information content (AvgIpc) is 2.84. The number of ketones is 1. The van der Waals surface area contributed by atoms with Gasteiger partial charge >= 0.3 is 0 Å². The van der Waals surface area contributed by atoms with E-state index in [-0.39, 0.29) is 23.8 Å². The molecule has 16 heavy (non-hydrogen) atoms. The third-order valence-corrected chi connectivity index (χ3v) is 3.81. The Morgan fingerprint density at radius 2 is 1.69 bits per heavy atom. The molecule has 2 heterocycles. The summed E-state index contributed by atoms with van der Waals surface area (Å²) in [6, 6.07) is -0.138. The Balaban J connectivity index is 2.06. The first-order chi connectivity index (χ1) is 7.61. The van der Waals surface area contributed by atoms with Gasteiger partial charge in [0.15, 0.2) is 5.78 Å². The lowest BCUT2D eigenvalue weighted by Gasteiger charge is -2.28.